The number of phenols is 1. The minimum atomic E-state index is -4.40. The molecule has 5 aromatic rings. The topological polar surface area (TPSA) is 67.2 Å². The van der Waals surface area contributed by atoms with Gasteiger partial charge in [-0.15, -0.1) is 0 Å². The molecule has 0 aliphatic rings. The first-order chi connectivity index (χ1) is 17.3. The number of pyridine rings is 1. The lowest BCUT2D eigenvalue weighted by atomic mass is 10.1. The second-order valence-corrected chi connectivity index (χ2v) is 8.24. The quantitative estimate of drug-likeness (QED) is 0.289. The van der Waals surface area contributed by atoms with Gasteiger partial charge in [-0.25, -0.2) is 0 Å². The lowest BCUT2D eigenvalue weighted by Crippen LogP contribution is -2.20. The molecule has 3 aromatic carbocycles. The Bertz CT molecular complexity index is 1600. The van der Waals surface area contributed by atoms with E-state index >= 15 is 0 Å². The van der Waals surface area contributed by atoms with E-state index in [0.29, 0.717) is 16.9 Å². The number of nitrogens with one attached hydrogen (secondary N) is 1. The van der Waals surface area contributed by atoms with E-state index in [1.807, 2.05) is 34.9 Å². The van der Waals surface area contributed by atoms with Crippen molar-refractivity contribution in [2.45, 2.75) is 12.7 Å². The Morgan fingerprint density at radius 2 is 1.72 bits per heavy atom. The zero-order chi connectivity index (χ0) is 25.3. The fourth-order valence-corrected chi connectivity index (χ4v) is 4.12. The maximum absolute atomic E-state index is 13.0. The van der Waals surface area contributed by atoms with Crippen LogP contribution < -0.4 is 5.32 Å². The van der Waals surface area contributed by atoms with Crippen molar-refractivity contribution in [3.63, 3.8) is 0 Å². The highest BCUT2D eigenvalue weighted by Gasteiger charge is 2.30. The number of carbonyl (C=O) groups is 1. The summed E-state index contributed by atoms with van der Waals surface area (Å²) in [5.74, 6) is -0.196. The van der Waals surface area contributed by atoms with Crippen LogP contribution in [0.4, 0.5) is 13.2 Å². The van der Waals surface area contributed by atoms with E-state index in [-0.39, 0.29) is 18.2 Å². The van der Waals surface area contributed by atoms with Gasteiger partial charge in [0.1, 0.15) is 5.75 Å². The van der Waals surface area contributed by atoms with Crippen molar-refractivity contribution >= 4 is 33.8 Å². The van der Waals surface area contributed by atoms with E-state index < -0.39 is 11.7 Å². The van der Waals surface area contributed by atoms with Crippen molar-refractivity contribution < 1.29 is 23.1 Å². The second kappa shape index (κ2) is 9.22. The summed E-state index contributed by atoms with van der Waals surface area (Å²) < 4.78 is 41.0. The number of halogens is 3. The maximum Gasteiger partial charge on any atom is 0.416 e. The van der Waals surface area contributed by atoms with Crippen LogP contribution in [0.5, 0.6) is 5.75 Å². The minimum Gasteiger partial charge on any atom is -0.508 e. The molecule has 0 aliphatic heterocycles. The Hall–Kier alpha value is -4.59. The monoisotopic (exact) mass is 487 g/mol. The molecule has 1 amide bonds. The van der Waals surface area contributed by atoms with Crippen molar-refractivity contribution in [2.75, 3.05) is 0 Å². The van der Waals surface area contributed by atoms with E-state index in [2.05, 4.69) is 10.3 Å². The maximum atomic E-state index is 13.0. The van der Waals surface area contributed by atoms with Crippen molar-refractivity contribution in [1.82, 2.24) is 14.9 Å². The predicted octanol–water partition coefficient (Wildman–Crippen LogP) is 6.23. The Morgan fingerprint density at radius 1 is 0.944 bits per heavy atom. The van der Waals surface area contributed by atoms with Crippen LogP contribution in [0.3, 0.4) is 0 Å². The first-order valence-corrected chi connectivity index (χ1v) is 11.1. The van der Waals surface area contributed by atoms with Crippen LogP contribution in [0.1, 0.15) is 16.8 Å². The Morgan fingerprint density at radius 3 is 2.47 bits per heavy atom. The van der Waals surface area contributed by atoms with E-state index in [1.165, 1.54) is 18.2 Å². The van der Waals surface area contributed by atoms with Gasteiger partial charge in [0.25, 0.3) is 0 Å². The van der Waals surface area contributed by atoms with Gasteiger partial charge in [0.15, 0.2) is 0 Å². The molecule has 0 radical (unpaired) electrons. The van der Waals surface area contributed by atoms with Gasteiger partial charge in [-0.2, -0.15) is 13.2 Å². The average Bonchev–Trinajstić information content (AvgIpc) is 3.19. The van der Waals surface area contributed by atoms with Gasteiger partial charge in [-0.3, -0.25) is 9.78 Å². The number of carbonyl (C=O) groups excluding carboxylic acids is 1. The van der Waals surface area contributed by atoms with Crippen LogP contribution in [0.2, 0.25) is 0 Å². The van der Waals surface area contributed by atoms with Crippen LogP contribution in [0.25, 0.3) is 33.6 Å². The van der Waals surface area contributed by atoms with Gasteiger partial charge in [0.05, 0.1) is 35.0 Å². The van der Waals surface area contributed by atoms with Crippen LogP contribution in [0.15, 0.2) is 91.1 Å². The molecule has 2 aromatic heterocycles. The molecular formula is C28H20F3N3O2. The molecule has 5 nitrogen and oxygen atoms in total. The third kappa shape index (κ3) is 4.65. The highest BCUT2D eigenvalue weighted by atomic mass is 19.4. The van der Waals surface area contributed by atoms with E-state index in [4.69, 9.17) is 0 Å². The van der Waals surface area contributed by atoms with Gasteiger partial charge in [0.2, 0.25) is 5.91 Å². The predicted molar refractivity (Wildman–Crippen MR) is 133 cm³/mol. The number of benzene rings is 3. The van der Waals surface area contributed by atoms with Crippen LogP contribution >= 0.6 is 0 Å². The van der Waals surface area contributed by atoms with Crippen molar-refractivity contribution in [3.05, 3.63) is 108 Å². The lowest BCUT2D eigenvalue weighted by molar-refractivity contribution is -0.137. The summed E-state index contributed by atoms with van der Waals surface area (Å²) in [5, 5.41) is 14.1. The van der Waals surface area contributed by atoms with Crippen molar-refractivity contribution in [3.8, 4) is 11.4 Å². The lowest BCUT2D eigenvalue weighted by Gasteiger charge is -2.10. The second-order valence-electron chi connectivity index (χ2n) is 8.24. The Labute approximate surface area is 204 Å². The SMILES string of the molecule is O=C(/C=C/c1cccc(O)c1)NCc1cc2c3ccccc3n(-c3ccc(C(F)(F)F)cc3)c2cn1. The van der Waals surface area contributed by atoms with Gasteiger partial charge < -0.3 is 15.0 Å². The van der Waals surface area contributed by atoms with Gasteiger partial charge in [-0.1, -0.05) is 30.3 Å². The number of phenolic OH excluding ortho intramolecular Hbond substituents is 1. The summed E-state index contributed by atoms with van der Waals surface area (Å²) in [6.45, 7) is 0.193. The third-order valence-electron chi connectivity index (χ3n) is 5.81. The molecule has 8 heteroatoms. The molecule has 0 aliphatic carbocycles. The van der Waals surface area contributed by atoms with Gasteiger partial charge in [0, 0.05) is 22.5 Å². The first-order valence-electron chi connectivity index (χ1n) is 11.1. The van der Waals surface area contributed by atoms with Crippen LogP contribution in [-0.4, -0.2) is 20.6 Å². The number of fused-ring (bicyclic) bond motifs is 3. The number of hydrogen-bond acceptors (Lipinski definition) is 3. The molecular weight excluding hydrogens is 467 g/mol. The van der Waals surface area contributed by atoms with E-state index in [0.717, 1.165) is 33.9 Å². The molecule has 0 spiro atoms. The van der Waals surface area contributed by atoms with E-state index in [1.54, 1.807) is 36.5 Å². The summed E-state index contributed by atoms with van der Waals surface area (Å²) in [7, 11) is 0. The smallest absolute Gasteiger partial charge is 0.416 e. The Balaban J connectivity index is 1.43. The van der Waals surface area contributed by atoms with Crippen molar-refractivity contribution in [1.29, 1.82) is 0 Å². The highest BCUT2D eigenvalue weighted by molar-refractivity contribution is 6.09. The first kappa shape index (κ1) is 23.2. The largest absolute Gasteiger partial charge is 0.508 e. The molecule has 0 bridgehead atoms. The Kier molecular flexibility index (Phi) is 5.93. The molecule has 2 N–H and O–H groups in total. The molecule has 0 fully saturated rings. The molecule has 36 heavy (non-hydrogen) atoms. The molecule has 0 atom stereocenters. The molecule has 0 saturated carbocycles. The number of rotatable bonds is 5. The molecule has 2 heterocycles. The number of hydrogen-bond donors (Lipinski definition) is 2. The summed E-state index contributed by atoms with van der Waals surface area (Å²) in [5.41, 5.74) is 2.80. The zero-order valence-corrected chi connectivity index (χ0v) is 18.8. The molecule has 180 valence electrons. The average molecular weight is 487 g/mol. The highest BCUT2D eigenvalue weighted by Crippen LogP contribution is 2.34. The minimum absolute atomic E-state index is 0.116. The number of para-hydroxylation sites is 1. The van der Waals surface area contributed by atoms with Crippen molar-refractivity contribution in [2.24, 2.45) is 0 Å². The number of aromatic hydroxyl groups is 1. The summed E-state index contributed by atoms with van der Waals surface area (Å²) in [4.78, 5) is 16.7. The third-order valence-corrected chi connectivity index (χ3v) is 5.81. The molecule has 0 saturated heterocycles. The number of amides is 1. The van der Waals surface area contributed by atoms with Crippen LogP contribution in [0, 0.1) is 0 Å². The fraction of sp³-hybridized carbons (Fsp3) is 0.0714. The normalized spacial score (nSPS) is 12.0. The number of aromatic nitrogens is 2. The number of alkyl halides is 3. The number of nitrogens with zero attached hydrogens (tertiary/aromatic N) is 2. The zero-order valence-electron chi connectivity index (χ0n) is 18.8. The summed E-state index contributed by atoms with van der Waals surface area (Å²) >= 11 is 0. The van der Waals surface area contributed by atoms with Crippen LogP contribution in [-0.2, 0) is 17.5 Å². The summed E-state index contributed by atoms with van der Waals surface area (Å²) in [6.07, 6.45) is 0.239. The summed E-state index contributed by atoms with van der Waals surface area (Å²) in [6, 6.07) is 21.1. The van der Waals surface area contributed by atoms with Gasteiger partial charge in [-0.05, 0) is 60.2 Å². The molecule has 0 unspecified atom stereocenters. The van der Waals surface area contributed by atoms with Gasteiger partial charge >= 0.3 is 6.18 Å². The fourth-order valence-electron chi connectivity index (χ4n) is 4.12. The van der Waals surface area contributed by atoms with E-state index in [9.17, 15) is 23.1 Å². The molecule has 5 rings (SSSR count). The standard InChI is InChI=1S/C28H20F3N3O2/c29-28(30,31)19-9-11-21(12-10-19)34-25-7-2-1-6-23(25)24-15-20(32-17-26(24)34)16-33-27(36)13-8-18-4-3-5-22(35)14-18/h1-15,17,35H,16H2,(H,33,36)/b13-8+.